The second-order valence-corrected chi connectivity index (χ2v) is 7.80. The van der Waals surface area contributed by atoms with Crippen LogP contribution in [0.5, 0.6) is 0 Å². The lowest BCUT2D eigenvalue weighted by atomic mass is 9.97. The summed E-state index contributed by atoms with van der Waals surface area (Å²) in [5, 5.41) is 4.30. The smallest absolute Gasteiger partial charge is 0.328 e. The molecular formula is C23H26N2O2. The number of nitrogens with one attached hydrogen (secondary N) is 1. The van der Waals surface area contributed by atoms with Crippen LogP contribution in [0.15, 0.2) is 54.7 Å². The Balaban J connectivity index is 1.89. The predicted octanol–water partition coefficient (Wildman–Crippen LogP) is 5.35. The lowest BCUT2D eigenvalue weighted by molar-refractivity contribution is -0.155. The van der Waals surface area contributed by atoms with Gasteiger partial charge in [-0.05, 0) is 69.5 Å². The van der Waals surface area contributed by atoms with E-state index in [1.807, 2.05) is 63.4 Å². The minimum Gasteiger partial charge on any atom is -0.458 e. The fraction of sp³-hybridized carbons (Fsp3) is 0.304. The van der Waals surface area contributed by atoms with Crippen molar-refractivity contribution in [2.75, 3.05) is 5.32 Å². The van der Waals surface area contributed by atoms with Crippen LogP contribution >= 0.6 is 0 Å². The maximum absolute atomic E-state index is 12.2. The van der Waals surface area contributed by atoms with E-state index in [2.05, 4.69) is 29.4 Å². The average molecular weight is 362 g/mol. The largest absolute Gasteiger partial charge is 0.458 e. The van der Waals surface area contributed by atoms with Crippen molar-refractivity contribution in [2.45, 2.75) is 46.3 Å². The molecule has 0 fully saturated rings. The highest BCUT2D eigenvalue weighted by atomic mass is 16.6. The summed E-state index contributed by atoms with van der Waals surface area (Å²) >= 11 is 0. The van der Waals surface area contributed by atoms with E-state index >= 15 is 0 Å². The number of anilines is 1. The first-order valence-electron chi connectivity index (χ1n) is 9.19. The second-order valence-electron chi connectivity index (χ2n) is 7.80. The molecule has 4 nitrogen and oxygen atoms in total. The molecule has 3 aromatic rings. The van der Waals surface area contributed by atoms with Gasteiger partial charge < -0.3 is 10.1 Å². The van der Waals surface area contributed by atoms with Crippen LogP contribution < -0.4 is 5.32 Å². The fourth-order valence-corrected chi connectivity index (χ4v) is 3.05. The molecule has 0 radical (unpaired) electrons. The summed E-state index contributed by atoms with van der Waals surface area (Å²) < 4.78 is 5.43. The van der Waals surface area contributed by atoms with Crippen molar-refractivity contribution >= 4 is 22.6 Å². The number of aryl methyl sites for hydroxylation is 1. The van der Waals surface area contributed by atoms with Gasteiger partial charge in [0.2, 0.25) is 0 Å². The number of rotatable bonds is 4. The Labute approximate surface area is 160 Å². The molecular weight excluding hydrogens is 336 g/mol. The zero-order chi connectivity index (χ0) is 19.6. The number of carbonyl (C=O) groups is 1. The van der Waals surface area contributed by atoms with E-state index in [4.69, 9.17) is 4.74 Å². The molecule has 140 valence electrons. The molecule has 0 unspecified atom stereocenters. The van der Waals surface area contributed by atoms with E-state index in [9.17, 15) is 4.79 Å². The molecule has 0 saturated heterocycles. The number of nitrogens with zero attached hydrogens (tertiary/aromatic N) is 1. The highest BCUT2D eigenvalue weighted by Crippen LogP contribution is 2.31. The van der Waals surface area contributed by atoms with Crippen molar-refractivity contribution in [3.63, 3.8) is 0 Å². The molecule has 1 N–H and O–H groups in total. The van der Waals surface area contributed by atoms with Gasteiger partial charge in [-0.3, -0.25) is 4.98 Å². The number of hydrogen-bond acceptors (Lipinski definition) is 4. The number of carbonyl (C=O) groups excluding carboxylic acids is 1. The van der Waals surface area contributed by atoms with E-state index in [1.165, 1.54) is 11.1 Å². The van der Waals surface area contributed by atoms with Gasteiger partial charge in [0.25, 0.3) is 0 Å². The highest BCUT2D eigenvalue weighted by molar-refractivity contribution is 5.96. The van der Waals surface area contributed by atoms with Crippen molar-refractivity contribution in [1.82, 2.24) is 4.98 Å². The van der Waals surface area contributed by atoms with Crippen LogP contribution in [-0.4, -0.2) is 22.6 Å². The van der Waals surface area contributed by atoms with Gasteiger partial charge in [-0.25, -0.2) is 4.79 Å². The Kier molecular flexibility index (Phi) is 5.17. The van der Waals surface area contributed by atoms with Gasteiger partial charge in [-0.1, -0.05) is 30.3 Å². The molecule has 0 spiro atoms. The summed E-state index contributed by atoms with van der Waals surface area (Å²) in [5.41, 5.74) is 4.82. The number of pyridine rings is 1. The molecule has 4 heteroatoms. The molecule has 0 bridgehead atoms. The van der Waals surface area contributed by atoms with Crippen LogP contribution in [0.4, 0.5) is 5.69 Å². The van der Waals surface area contributed by atoms with Crippen molar-refractivity contribution in [3.8, 4) is 11.1 Å². The Morgan fingerprint density at radius 2 is 1.81 bits per heavy atom. The standard InChI is InChI=1S/C23H26N2O2/c1-15-8-6-7-9-18(15)19-12-13-24-21-14-17(10-11-20(19)21)25-16(2)22(26)27-23(3,4)5/h6-14,16,25H,1-5H3/t16-/m0/s1. The van der Waals surface area contributed by atoms with E-state index in [0.717, 1.165) is 22.2 Å². The van der Waals surface area contributed by atoms with Crippen LogP contribution in [0, 0.1) is 6.92 Å². The lowest BCUT2D eigenvalue weighted by Crippen LogP contribution is -2.34. The van der Waals surface area contributed by atoms with Crippen LogP contribution in [0.25, 0.3) is 22.0 Å². The molecule has 0 aliphatic carbocycles. The van der Waals surface area contributed by atoms with E-state index < -0.39 is 11.6 Å². The molecule has 2 aromatic carbocycles. The molecule has 1 atom stereocenters. The summed E-state index contributed by atoms with van der Waals surface area (Å²) in [6.45, 7) is 9.51. The fourth-order valence-electron chi connectivity index (χ4n) is 3.05. The summed E-state index contributed by atoms with van der Waals surface area (Å²) in [4.78, 5) is 16.7. The lowest BCUT2D eigenvalue weighted by Gasteiger charge is -2.23. The zero-order valence-electron chi connectivity index (χ0n) is 16.5. The van der Waals surface area contributed by atoms with Crippen molar-refractivity contribution in [3.05, 3.63) is 60.3 Å². The summed E-state index contributed by atoms with van der Waals surface area (Å²) in [7, 11) is 0. The molecule has 27 heavy (non-hydrogen) atoms. The van der Waals surface area contributed by atoms with Gasteiger partial charge in [0, 0.05) is 17.3 Å². The molecule has 1 heterocycles. The van der Waals surface area contributed by atoms with Gasteiger partial charge in [0.15, 0.2) is 0 Å². The Morgan fingerprint density at radius 1 is 1.07 bits per heavy atom. The molecule has 3 rings (SSSR count). The Bertz CT molecular complexity index is 974. The number of esters is 1. The monoisotopic (exact) mass is 362 g/mol. The third-order valence-electron chi connectivity index (χ3n) is 4.32. The van der Waals surface area contributed by atoms with Gasteiger partial charge in [-0.2, -0.15) is 0 Å². The maximum atomic E-state index is 12.2. The van der Waals surface area contributed by atoms with Gasteiger partial charge in [-0.15, -0.1) is 0 Å². The van der Waals surface area contributed by atoms with E-state index in [1.54, 1.807) is 6.92 Å². The Morgan fingerprint density at radius 3 is 2.52 bits per heavy atom. The summed E-state index contributed by atoms with van der Waals surface area (Å²) in [6, 6.07) is 15.9. The van der Waals surface area contributed by atoms with Gasteiger partial charge in [0.05, 0.1) is 5.52 Å². The zero-order valence-corrected chi connectivity index (χ0v) is 16.5. The molecule has 1 aromatic heterocycles. The predicted molar refractivity (Wildman–Crippen MR) is 111 cm³/mol. The van der Waals surface area contributed by atoms with Crippen LogP contribution in [-0.2, 0) is 9.53 Å². The molecule has 0 aliphatic rings. The summed E-state index contributed by atoms with van der Waals surface area (Å²) in [6.07, 6.45) is 1.82. The number of aromatic nitrogens is 1. The highest BCUT2D eigenvalue weighted by Gasteiger charge is 2.21. The topological polar surface area (TPSA) is 51.2 Å². The van der Waals surface area contributed by atoms with Gasteiger partial charge in [0.1, 0.15) is 11.6 Å². The Hall–Kier alpha value is -2.88. The van der Waals surface area contributed by atoms with Gasteiger partial charge >= 0.3 is 5.97 Å². The minimum absolute atomic E-state index is 0.274. The molecule has 0 amide bonds. The van der Waals surface area contributed by atoms with Crippen molar-refractivity contribution in [1.29, 1.82) is 0 Å². The van der Waals surface area contributed by atoms with Crippen molar-refractivity contribution in [2.24, 2.45) is 0 Å². The van der Waals surface area contributed by atoms with Crippen molar-refractivity contribution < 1.29 is 9.53 Å². The van der Waals surface area contributed by atoms with Crippen LogP contribution in [0.1, 0.15) is 33.3 Å². The number of fused-ring (bicyclic) bond motifs is 1. The van der Waals surface area contributed by atoms with E-state index in [0.29, 0.717) is 0 Å². The second kappa shape index (κ2) is 7.39. The van der Waals surface area contributed by atoms with Crippen LogP contribution in [0.2, 0.25) is 0 Å². The average Bonchev–Trinajstić information content (AvgIpc) is 2.60. The first kappa shape index (κ1) is 18.9. The third-order valence-corrected chi connectivity index (χ3v) is 4.32. The number of hydrogen-bond donors (Lipinski definition) is 1. The molecule has 0 aliphatic heterocycles. The quantitative estimate of drug-likeness (QED) is 0.636. The maximum Gasteiger partial charge on any atom is 0.328 e. The first-order chi connectivity index (χ1) is 12.7. The first-order valence-corrected chi connectivity index (χ1v) is 9.19. The van der Waals surface area contributed by atoms with E-state index in [-0.39, 0.29) is 5.97 Å². The molecule has 0 saturated carbocycles. The minimum atomic E-state index is -0.500. The number of benzene rings is 2. The normalized spacial score (nSPS) is 12.6. The third kappa shape index (κ3) is 4.45. The SMILES string of the molecule is Cc1ccccc1-c1ccnc2cc(N[C@@H](C)C(=O)OC(C)(C)C)ccc12. The number of ether oxygens (including phenoxy) is 1. The van der Waals surface area contributed by atoms with Crippen LogP contribution in [0.3, 0.4) is 0 Å². The summed E-state index contributed by atoms with van der Waals surface area (Å²) in [5.74, 6) is -0.274.